The highest BCUT2D eigenvalue weighted by Crippen LogP contribution is 2.48. The number of nitrogens with one attached hydrogen (secondary N) is 2. The molecule has 5 nitrogen and oxygen atoms in total. The van der Waals surface area contributed by atoms with E-state index in [2.05, 4.69) is 15.4 Å². The molecule has 1 aliphatic rings. The molecule has 1 heterocycles. The highest BCUT2D eigenvalue weighted by Gasteiger charge is 2.51. The van der Waals surface area contributed by atoms with Crippen LogP contribution in [-0.2, 0) is 10.2 Å². The van der Waals surface area contributed by atoms with E-state index < -0.39 is 0 Å². The Bertz CT molecular complexity index is 598. The van der Waals surface area contributed by atoms with Crippen molar-refractivity contribution in [2.75, 3.05) is 14.1 Å². The van der Waals surface area contributed by atoms with E-state index in [1.54, 1.807) is 11.3 Å². The van der Waals surface area contributed by atoms with Crippen molar-refractivity contribution in [1.82, 2.24) is 20.4 Å². The molecule has 18 heavy (non-hydrogen) atoms. The van der Waals surface area contributed by atoms with E-state index in [4.69, 9.17) is 0 Å². The molecule has 5 heteroatoms. The van der Waals surface area contributed by atoms with Crippen LogP contribution in [0.5, 0.6) is 0 Å². The van der Waals surface area contributed by atoms with Crippen molar-refractivity contribution < 1.29 is 4.79 Å². The van der Waals surface area contributed by atoms with Crippen LogP contribution in [0.25, 0.3) is 11.0 Å². The smallest absolute Gasteiger partial charge is 0.244 e. The van der Waals surface area contributed by atoms with Gasteiger partial charge in [-0.15, -0.1) is 0 Å². The number of imidazole rings is 1. The van der Waals surface area contributed by atoms with E-state index >= 15 is 0 Å². The van der Waals surface area contributed by atoms with Gasteiger partial charge in [0.2, 0.25) is 5.91 Å². The van der Waals surface area contributed by atoms with Crippen LogP contribution in [0.4, 0.5) is 0 Å². The molecule has 1 aromatic heterocycles. The first-order chi connectivity index (χ1) is 8.62. The third kappa shape index (κ3) is 1.67. The van der Waals surface area contributed by atoms with Crippen molar-refractivity contribution in [2.45, 2.75) is 18.3 Å². The molecule has 0 aliphatic heterocycles. The van der Waals surface area contributed by atoms with Gasteiger partial charge in [-0.2, -0.15) is 0 Å². The topological polar surface area (TPSA) is 61.0 Å². The summed E-state index contributed by atoms with van der Waals surface area (Å²) in [5.41, 5.74) is 5.49. The second-order valence-electron chi connectivity index (χ2n) is 5.05. The van der Waals surface area contributed by atoms with Gasteiger partial charge in [0, 0.05) is 14.1 Å². The number of hydrazine groups is 1. The molecule has 1 aromatic carbocycles. The first-order valence-electron chi connectivity index (χ1n) is 6.04. The normalized spacial score (nSPS) is 17.1. The molecule has 1 saturated carbocycles. The average molecular weight is 244 g/mol. The molecule has 94 valence electrons. The van der Waals surface area contributed by atoms with E-state index in [9.17, 15) is 4.79 Å². The number of benzene rings is 1. The maximum absolute atomic E-state index is 12.2. The van der Waals surface area contributed by atoms with E-state index in [-0.39, 0.29) is 11.3 Å². The summed E-state index contributed by atoms with van der Waals surface area (Å²) in [5, 5.41) is 1.69. The number of aromatic amines is 1. The second-order valence-corrected chi connectivity index (χ2v) is 5.05. The zero-order valence-electron chi connectivity index (χ0n) is 10.5. The average Bonchev–Trinajstić information content (AvgIpc) is 3.00. The molecular formula is C13H16N4O. The Morgan fingerprint density at radius 3 is 2.89 bits per heavy atom. The number of fused-ring (bicyclic) bond motifs is 1. The Morgan fingerprint density at radius 2 is 2.22 bits per heavy atom. The van der Waals surface area contributed by atoms with Gasteiger partial charge in [-0.1, -0.05) is 6.07 Å². The van der Waals surface area contributed by atoms with Gasteiger partial charge in [0.1, 0.15) is 0 Å². The molecule has 1 amide bonds. The van der Waals surface area contributed by atoms with Gasteiger partial charge in [0.15, 0.2) is 0 Å². The Balaban J connectivity index is 1.95. The molecule has 0 saturated heterocycles. The summed E-state index contributed by atoms with van der Waals surface area (Å²) in [6.07, 6.45) is 3.49. The summed E-state index contributed by atoms with van der Waals surface area (Å²) in [4.78, 5) is 19.5. The number of rotatable bonds is 3. The maximum atomic E-state index is 12.2. The predicted molar refractivity (Wildman–Crippen MR) is 68.8 cm³/mol. The lowest BCUT2D eigenvalue weighted by atomic mass is 9.95. The van der Waals surface area contributed by atoms with Crippen molar-refractivity contribution >= 4 is 16.9 Å². The van der Waals surface area contributed by atoms with Gasteiger partial charge in [-0.05, 0) is 30.5 Å². The van der Waals surface area contributed by atoms with E-state index in [1.165, 1.54) is 0 Å². The third-order valence-corrected chi connectivity index (χ3v) is 3.48. The molecule has 1 fully saturated rings. The van der Waals surface area contributed by atoms with Crippen LogP contribution < -0.4 is 5.43 Å². The molecular weight excluding hydrogens is 228 g/mol. The maximum Gasteiger partial charge on any atom is 0.244 e. The molecule has 0 unspecified atom stereocenters. The number of aromatic nitrogens is 2. The molecule has 0 atom stereocenters. The molecule has 2 aromatic rings. The fraction of sp³-hybridized carbons (Fsp3) is 0.385. The van der Waals surface area contributed by atoms with Crippen molar-refractivity contribution in [3.05, 3.63) is 30.1 Å². The van der Waals surface area contributed by atoms with Gasteiger partial charge >= 0.3 is 0 Å². The van der Waals surface area contributed by atoms with Crippen molar-refractivity contribution in [3.8, 4) is 0 Å². The van der Waals surface area contributed by atoms with Crippen molar-refractivity contribution in [2.24, 2.45) is 0 Å². The Morgan fingerprint density at radius 1 is 1.44 bits per heavy atom. The van der Waals surface area contributed by atoms with Crippen molar-refractivity contribution in [1.29, 1.82) is 0 Å². The Hall–Kier alpha value is -1.88. The SMILES string of the molecule is CN(C)NC(=O)C1(c2ccc3nc[nH]c3c2)CC1. The lowest BCUT2D eigenvalue weighted by Crippen LogP contribution is -2.42. The molecule has 1 aliphatic carbocycles. The molecule has 3 rings (SSSR count). The van der Waals surface area contributed by atoms with Crippen LogP contribution in [0, 0.1) is 0 Å². The van der Waals surface area contributed by atoms with E-state index in [0.717, 1.165) is 29.4 Å². The lowest BCUT2D eigenvalue weighted by Gasteiger charge is -2.19. The van der Waals surface area contributed by atoms with Crippen LogP contribution in [0.2, 0.25) is 0 Å². The summed E-state index contributed by atoms with van der Waals surface area (Å²) in [6, 6.07) is 6.00. The second kappa shape index (κ2) is 3.81. The number of amides is 1. The monoisotopic (exact) mass is 244 g/mol. The van der Waals surface area contributed by atoms with Crippen molar-refractivity contribution in [3.63, 3.8) is 0 Å². The van der Waals surface area contributed by atoms with E-state index in [1.807, 2.05) is 32.3 Å². The number of hydrogen-bond donors (Lipinski definition) is 2. The van der Waals surface area contributed by atoms with Gasteiger partial charge in [-0.3, -0.25) is 10.2 Å². The van der Waals surface area contributed by atoms with Crippen LogP contribution >= 0.6 is 0 Å². The number of hydrogen-bond acceptors (Lipinski definition) is 3. The van der Waals surface area contributed by atoms with Gasteiger partial charge < -0.3 is 4.98 Å². The number of carbonyl (C=O) groups excluding carboxylic acids is 1. The molecule has 0 radical (unpaired) electrons. The quantitative estimate of drug-likeness (QED) is 0.797. The first kappa shape index (κ1) is 11.2. The largest absolute Gasteiger partial charge is 0.345 e. The predicted octanol–water partition coefficient (Wildman–Crippen LogP) is 1.19. The number of carbonyl (C=O) groups is 1. The van der Waals surface area contributed by atoms with Crippen LogP contribution in [0.15, 0.2) is 24.5 Å². The summed E-state index contributed by atoms with van der Waals surface area (Å²) >= 11 is 0. The number of nitrogens with zero attached hydrogens (tertiary/aromatic N) is 2. The zero-order valence-corrected chi connectivity index (χ0v) is 10.5. The zero-order chi connectivity index (χ0) is 12.8. The van der Waals surface area contributed by atoms with E-state index in [0.29, 0.717) is 0 Å². The fourth-order valence-corrected chi connectivity index (χ4v) is 2.32. The summed E-state index contributed by atoms with van der Waals surface area (Å²) in [6.45, 7) is 0. The Labute approximate surface area is 105 Å². The highest BCUT2D eigenvalue weighted by molar-refractivity contribution is 5.92. The van der Waals surface area contributed by atoms with Crippen LogP contribution in [0.1, 0.15) is 18.4 Å². The van der Waals surface area contributed by atoms with Gasteiger partial charge in [-0.25, -0.2) is 9.99 Å². The van der Waals surface area contributed by atoms with Gasteiger partial charge in [0.25, 0.3) is 0 Å². The highest BCUT2D eigenvalue weighted by atomic mass is 16.2. The Kier molecular flexibility index (Phi) is 2.38. The first-order valence-corrected chi connectivity index (χ1v) is 6.04. The fourth-order valence-electron chi connectivity index (χ4n) is 2.32. The summed E-state index contributed by atoms with van der Waals surface area (Å²) in [7, 11) is 3.65. The molecule has 0 bridgehead atoms. The minimum absolute atomic E-state index is 0.0753. The molecule has 2 N–H and O–H groups in total. The number of H-pyrrole nitrogens is 1. The van der Waals surface area contributed by atoms with Gasteiger partial charge in [0.05, 0.1) is 22.8 Å². The molecule has 0 spiro atoms. The van der Waals surface area contributed by atoms with Crippen LogP contribution in [-0.4, -0.2) is 35.0 Å². The minimum Gasteiger partial charge on any atom is -0.345 e. The third-order valence-electron chi connectivity index (χ3n) is 3.48. The standard InChI is InChI=1S/C13H16N4O/c1-17(2)16-12(18)13(5-6-13)9-3-4-10-11(7-9)15-8-14-10/h3-4,7-8H,5-6H2,1-2H3,(H,14,15)(H,16,18). The summed E-state index contributed by atoms with van der Waals surface area (Å²) in [5.74, 6) is 0.0753. The summed E-state index contributed by atoms with van der Waals surface area (Å²) < 4.78 is 0. The minimum atomic E-state index is -0.344. The lowest BCUT2D eigenvalue weighted by molar-refractivity contribution is -0.127. The van der Waals surface area contributed by atoms with Crippen LogP contribution in [0.3, 0.4) is 0 Å².